The molecule has 2 rings (SSSR count). The first-order valence-corrected chi connectivity index (χ1v) is 6.95. The van der Waals surface area contributed by atoms with Gasteiger partial charge < -0.3 is 9.72 Å². The maximum Gasteiger partial charge on any atom is 0.254 e. The third kappa shape index (κ3) is 3.59. The van der Waals surface area contributed by atoms with Crippen molar-refractivity contribution in [2.45, 2.75) is 3.79 Å². The van der Waals surface area contributed by atoms with Gasteiger partial charge in [-0.1, -0.05) is 46.9 Å². The number of H-pyrrole nitrogens is 1. The summed E-state index contributed by atoms with van der Waals surface area (Å²) < 4.78 is 2.99. The predicted molar refractivity (Wildman–Crippen MR) is 81.8 cm³/mol. The number of aromatic nitrogens is 1. The highest BCUT2D eigenvalue weighted by molar-refractivity contribution is 6.77. The Morgan fingerprint density at radius 3 is 2.48 bits per heavy atom. The topological polar surface area (TPSA) is 59.2 Å². The van der Waals surface area contributed by atoms with Crippen LogP contribution in [0.3, 0.4) is 0 Å². The van der Waals surface area contributed by atoms with E-state index in [4.69, 9.17) is 39.5 Å². The van der Waals surface area contributed by atoms with E-state index in [2.05, 4.69) is 4.98 Å². The monoisotopic (exact) mass is 345 g/mol. The second-order valence-electron chi connectivity index (χ2n) is 4.19. The van der Waals surface area contributed by atoms with E-state index in [1.165, 1.54) is 19.4 Å². The van der Waals surface area contributed by atoms with Crippen LogP contribution in [-0.2, 0) is 0 Å². The van der Waals surface area contributed by atoms with E-state index >= 15 is 0 Å². The molecule has 2 aromatic rings. The number of nitrogens with one attached hydrogen (secondary N) is 1. The SMILES string of the molecule is COc1cccc(C(=O)c2c[nH]c(C(=O)C(Cl)(Cl)Cl)c2)c1. The summed E-state index contributed by atoms with van der Waals surface area (Å²) in [7, 11) is 1.51. The number of aromatic amines is 1. The van der Waals surface area contributed by atoms with Crippen molar-refractivity contribution < 1.29 is 14.3 Å². The Morgan fingerprint density at radius 1 is 1.14 bits per heavy atom. The molecule has 1 heterocycles. The molecule has 0 radical (unpaired) electrons. The Labute approximate surface area is 136 Å². The number of hydrogen-bond acceptors (Lipinski definition) is 3. The Balaban J connectivity index is 2.29. The molecule has 0 aliphatic heterocycles. The van der Waals surface area contributed by atoms with Crippen molar-refractivity contribution in [1.82, 2.24) is 4.98 Å². The van der Waals surface area contributed by atoms with Crippen molar-refractivity contribution in [1.29, 1.82) is 0 Å². The van der Waals surface area contributed by atoms with Crippen LogP contribution in [0.2, 0.25) is 0 Å². The molecule has 1 aromatic heterocycles. The fraction of sp³-hybridized carbons (Fsp3) is 0.143. The van der Waals surface area contributed by atoms with Gasteiger partial charge in [0.15, 0.2) is 5.78 Å². The van der Waals surface area contributed by atoms with Gasteiger partial charge in [0.2, 0.25) is 5.78 Å². The van der Waals surface area contributed by atoms with Gasteiger partial charge in [0.05, 0.1) is 12.8 Å². The van der Waals surface area contributed by atoms with Crippen molar-refractivity contribution >= 4 is 46.4 Å². The van der Waals surface area contributed by atoms with Crippen molar-refractivity contribution in [3.8, 4) is 5.75 Å². The number of Topliss-reactive ketones (excluding diaryl/α,β-unsaturated/α-hetero) is 1. The Kier molecular flexibility index (Phi) is 4.61. The molecule has 0 aliphatic carbocycles. The van der Waals surface area contributed by atoms with E-state index in [-0.39, 0.29) is 11.5 Å². The summed E-state index contributed by atoms with van der Waals surface area (Å²) in [6, 6.07) is 8.03. The standard InChI is InChI=1S/C14H10Cl3NO3/c1-21-10-4-2-3-8(5-10)12(19)9-6-11(18-7-9)13(20)14(15,16)17/h2-7,18H,1H3. The van der Waals surface area contributed by atoms with Gasteiger partial charge in [-0.3, -0.25) is 9.59 Å². The van der Waals surface area contributed by atoms with Crippen LogP contribution in [-0.4, -0.2) is 27.5 Å². The Bertz CT molecular complexity index is 689. The van der Waals surface area contributed by atoms with E-state index in [0.29, 0.717) is 16.9 Å². The fourth-order valence-corrected chi connectivity index (χ4v) is 2.05. The van der Waals surface area contributed by atoms with Crippen molar-refractivity contribution in [2.75, 3.05) is 7.11 Å². The van der Waals surface area contributed by atoms with E-state index in [9.17, 15) is 9.59 Å². The Hall–Kier alpha value is -1.49. The molecule has 4 nitrogen and oxygen atoms in total. The normalized spacial score (nSPS) is 11.2. The molecule has 1 N–H and O–H groups in total. The zero-order valence-electron chi connectivity index (χ0n) is 10.8. The first kappa shape index (κ1) is 15.9. The maximum absolute atomic E-state index is 12.3. The van der Waals surface area contributed by atoms with Gasteiger partial charge in [-0.15, -0.1) is 0 Å². The second kappa shape index (κ2) is 6.10. The van der Waals surface area contributed by atoms with Gasteiger partial charge in [0, 0.05) is 17.3 Å². The minimum Gasteiger partial charge on any atom is -0.497 e. The smallest absolute Gasteiger partial charge is 0.254 e. The number of ether oxygens (including phenoxy) is 1. The number of ketones is 2. The first-order chi connectivity index (χ1) is 9.82. The molecule has 0 unspecified atom stereocenters. The molecule has 110 valence electrons. The number of alkyl halides is 3. The highest BCUT2D eigenvalue weighted by Crippen LogP contribution is 2.30. The van der Waals surface area contributed by atoms with Gasteiger partial charge in [-0.2, -0.15) is 0 Å². The van der Waals surface area contributed by atoms with E-state index in [1.807, 2.05) is 0 Å². The Morgan fingerprint density at radius 2 is 1.86 bits per heavy atom. The lowest BCUT2D eigenvalue weighted by Gasteiger charge is -2.06. The van der Waals surface area contributed by atoms with Crippen LogP contribution in [0, 0.1) is 0 Å². The minimum atomic E-state index is -2.07. The number of carbonyl (C=O) groups excluding carboxylic acids is 2. The van der Waals surface area contributed by atoms with Gasteiger partial charge in [0.1, 0.15) is 5.75 Å². The second-order valence-corrected chi connectivity index (χ2v) is 6.47. The summed E-state index contributed by atoms with van der Waals surface area (Å²) in [4.78, 5) is 26.7. The van der Waals surface area contributed by atoms with Crippen LogP contribution in [0.25, 0.3) is 0 Å². The lowest BCUT2D eigenvalue weighted by molar-refractivity contribution is 0.0992. The molecular formula is C14H10Cl3NO3. The summed E-state index contributed by atoms with van der Waals surface area (Å²) in [6.07, 6.45) is 1.39. The van der Waals surface area contributed by atoms with Gasteiger partial charge >= 0.3 is 0 Å². The average molecular weight is 347 g/mol. The zero-order chi connectivity index (χ0) is 15.6. The third-order valence-corrected chi connectivity index (χ3v) is 3.29. The molecular weight excluding hydrogens is 337 g/mol. The van der Waals surface area contributed by atoms with Gasteiger partial charge in [0.25, 0.3) is 3.79 Å². The molecule has 0 bridgehead atoms. The molecule has 1 aromatic carbocycles. The molecule has 0 spiro atoms. The van der Waals surface area contributed by atoms with Crippen molar-refractivity contribution in [3.05, 3.63) is 53.3 Å². The van der Waals surface area contributed by atoms with Crippen molar-refractivity contribution in [3.63, 3.8) is 0 Å². The fourth-order valence-electron chi connectivity index (χ4n) is 1.74. The van der Waals surface area contributed by atoms with Crippen LogP contribution < -0.4 is 4.74 Å². The number of halogens is 3. The molecule has 7 heteroatoms. The first-order valence-electron chi connectivity index (χ1n) is 5.81. The molecule has 0 aliphatic rings. The van der Waals surface area contributed by atoms with Gasteiger partial charge in [-0.05, 0) is 18.2 Å². The van der Waals surface area contributed by atoms with E-state index < -0.39 is 9.58 Å². The van der Waals surface area contributed by atoms with Crippen LogP contribution in [0.4, 0.5) is 0 Å². The number of rotatable bonds is 4. The summed E-state index contributed by atoms with van der Waals surface area (Å²) >= 11 is 16.6. The number of benzene rings is 1. The predicted octanol–water partition coefficient (Wildman–Crippen LogP) is 3.81. The lowest BCUT2D eigenvalue weighted by atomic mass is 10.1. The molecule has 0 atom stereocenters. The summed E-state index contributed by atoms with van der Waals surface area (Å²) in [5.41, 5.74) is 0.781. The molecule has 0 fully saturated rings. The zero-order valence-corrected chi connectivity index (χ0v) is 13.1. The number of methoxy groups -OCH3 is 1. The largest absolute Gasteiger partial charge is 0.497 e. The average Bonchev–Trinajstić information content (AvgIpc) is 2.94. The van der Waals surface area contributed by atoms with E-state index in [1.54, 1.807) is 24.3 Å². The highest BCUT2D eigenvalue weighted by Gasteiger charge is 2.33. The van der Waals surface area contributed by atoms with Crippen molar-refractivity contribution in [2.24, 2.45) is 0 Å². The molecule has 21 heavy (non-hydrogen) atoms. The quantitative estimate of drug-likeness (QED) is 0.676. The van der Waals surface area contributed by atoms with Crippen LogP contribution in [0.15, 0.2) is 36.5 Å². The number of carbonyl (C=O) groups is 2. The summed E-state index contributed by atoms with van der Waals surface area (Å²) in [6.45, 7) is 0. The highest BCUT2D eigenvalue weighted by atomic mass is 35.6. The third-order valence-electron chi connectivity index (χ3n) is 2.78. The number of hydrogen-bond donors (Lipinski definition) is 1. The summed E-state index contributed by atoms with van der Waals surface area (Å²) in [5.74, 6) is -0.431. The molecule has 0 saturated carbocycles. The molecule has 0 amide bonds. The van der Waals surface area contributed by atoms with Crippen LogP contribution in [0.1, 0.15) is 26.4 Å². The maximum atomic E-state index is 12.3. The van der Waals surface area contributed by atoms with Gasteiger partial charge in [-0.25, -0.2) is 0 Å². The van der Waals surface area contributed by atoms with Crippen LogP contribution >= 0.6 is 34.8 Å². The molecule has 0 saturated heterocycles. The lowest BCUT2D eigenvalue weighted by Crippen LogP contribution is -2.19. The van der Waals surface area contributed by atoms with Crippen LogP contribution in [0.5, 0.6) is 5.75 Å². The minimum absolute atomic E-state index is 0.0567. The van der Waals surface area contributed by atoms with E-state index in [0.717, 1.165) is 0 Å². The summed E-state index contributed by atoms with van der Waals surface area (Å²) in [5, 5.41) is 0.